The van der Waals surface area contributed by atoms with Crippen molar-refractivity contribution >= 4 is 21.7 Å². The van der Waals surface area contributed by atoms with Gasteiger partial charge in [0.2, 0.25) is 0 Å². The Bertz CT molecular complexity index is 471. The molecule has 18 heavy (non-hydrogen) atoms. The van der Waals surface area contributed by atoms with Gasteiger partial charge in [-0.05, 0) is 31.0 Å². The lowest BCUT2D eigenvalue weighted by Gasteiger charge is -2.16. The van der Waals surface area contributed by atoms with Gasteiger partial charge in [0.1, 0.15) is 11.5 Å². The van der Waals surface area contributed by atoms with Crippen LogP contribution in [0.15, 0.2) is 22.7 Å². The number of rotatable bonds is 2. The fraction of sp³-hybridized carbons (Fsp3) is 0.417. The number of carbonyl (C=O) groups is 1. The number of halogens is 4. The van der Waals surface area contributed by atoms with E-state index >= 15 is 0 Å². The first-order valence-electron chi connectivity index (χ1n) is 5.45. The van der Waals surface area contributed by atoms with Gasteiger partial charge in [0.05, 0.1) is 0 Å². The normalized spacial score (nSPS) is 20.2. The Balaban J connectivity index is 2.37. The maximum atomic E-state index is 12.3. The summed E-state index contributed by atoms with van der Waals surface area (Å²) in [5, 5.41) is 0. The van der Waals surface area contributed by atoms with Crippen molar-refractivity contribution in [2.75, 3.05) is 0 Å². The summed E-state index contributed by atoms with van der Waals surface area (Å²) in [6.07, 6.45) is -3.04. The largest absolute Gasteiger partial charge is 0.573 e. The van der Waals surface area contributed by atoms with Crippen molar-refractivity contribution in [3.63, 3.8) is 0 Å². The molecule has 1 saturated carbocycles. The van der Waals surface area contributed by atoms with E-state index in [2.05, 4.69) is 20.7 Å². The third kappa shape index (κ3) is 3.04. The predicted octanol–water partition coefficient (Wildman–Crippen LogP) is 4.18. The van der Waals surface area contributed by atoms with Gasteiger partial charge < -0.3 is 4.74 Å². The molecule has 0 heterocycles. The summed E-state index contributed by atoms with van der Waals surface area (Å²) >= 11 is 3.19. The monoisotopic (exact) mass is 322 g/mol. The maximum Gasteiger partial charge on any atom is 0.573 e. The van der Waals surface area contributed by atoms with Gasteiger partial charge in [0, 0.05) is 22.4 Å². The van der Waals surface area contributed by atoms with Gasteiger partial charge in [-0.1, -0.05) is 15.9 Å². The molecule has 0 aromatic heterocycles. The van der Waals surface area contributed by atoms with Crippen molar-refractivity contribution in [2.45, 2.75) is 31.5 Å². The highest BCUT2D eigenvalue weighted by Gasteiger charge is 2.35. The molecule has 1 fully saturated rings. The van der Waals surface area contributed by atoms with Crippen LogP contribution in [0.25, 0.3) is 0 Å². The molecule has 98 valence electrons. The topological polar surface area (TPSA) is 26.3 Å². The van der Waals surface area contributed by atoms with Crippen LogP contribution in [0.4, 0.5) is 13.2 Å². The lowest BCUT2D eigenvalue weighted by molar-refractivity contribution is -0.275. The average molecular weight is 323 g/mol. The molecular formula is C12H10BrF3O2. The summed E-state index contributed by atoms with van der Waals surface area (Å²) in [6, 6.07) is 4.22. The van der Waals surface area contributed by atoms with E-state index < -0.39 is 12.3 Å². The molecule has 2 rings (SSSR count). The molecule has 1 atom stereocenters. The van der Waals surface area contributed by atoms with Crippen LogP contribution in [-0.4, -0.2) is 12.1 Å². The van der Waals surface area contributed by atoms with Crippen molar-refractivity contribution < 1.29 is 22.7 Å². The van der Waals surface area contributed by atoms with Crippen molar-refractivity contribution in [3.05, 3.63) is 28.2 Å². The molecule has 1 aromatic carbocycles. The minimum Gasteiger partial charge on any atom is -0.405 e. The van der Waals surface area contributed by atoms with E-state index in [1.807, 2.05) is 0 Å². The van der Waals surface area contributed by atoms with Crippen molar-refractivity contribution in [3.8, 4) is 5.75 Å². The minimum absolute atomic E-state index is 0.0277. The molecule has 0 N–H and O–H groups in total. The fourth-order valence-electron chi connectivity index (χ4n) is 2.15. The number of alkyl halides is 3. The van der Waals surface area contributed by atoms with E-state index in [1.54, 1.807) is 0 Å². The molecule has 1 aromatic rings. The van der Waals surface area contributed by atoms with Gasteiger partial charge in [-0.15, -0.1) is 13.2 Å². The predicted molar refractivity (Wildman–Crippen MR) is 62.4 cm³/mol. The molecule has 0 spiro atoms. The Kier molecular flexibility index (Phi) is 3.66. The Morgan fingerprint density at radius 2 is 2.06 bits per heavy atom. The second-order valence-corrected chi connectivity index (χ2v) is 5.06. The van der Waals surface area contributed by atoms with Crippen LogP contribution < -0.4 is 4.74 Å². The van der Waals surface area contributed by atoms with Crippen LogP contribution in [0.5, 0.6) is 5.75 Å². The van der Waals surface area contributed by atoms with Gasteiger partial charge in [-0.25, -0.2) is 0 Å². The van der Waals surface area contributed by atoms with Gasteiger partial charge in [0.25, 0.3) is 0 Å². The highest BCUT2D eigenvalue weighted by Crippen LogP contribution is 2.39. The lowest BCUT2D eigenvalue weighted by Crippen LogP contribution is -2.19. The van der Waals surface area contributed by atoms with Gasteiger partial charge in [0.15, 0.2) is 0 Å². The number of hydrogen-bond acceptors (Lipinski definition) is 2. The van der Waals surface area contributed by atoms with E-state index in [1.165, 1.54) is 18.2 Å². The summed E-state index contributed by atoms with van der Waals surface area (Å²) in [5.41, 5.74) is 0.309. The SMILES string of the molecule is O=C1CCCC1c1cc(Br)ccc1OC(F)(F)F. The quantitative estimate of drug-likeness (QED) is 0.816. The van der Waals surface area contributed by atoms with Gasteiger partial charge in [-0.3, -0.25) is 4.79 Å². The molecule has 1 aliphatic carbocycles. The molecular weight excluding hydrogens is 313 g/mol. The van der Waals surface area contributed by atoms with Crippen LogP contribution in [-0.2, 0) is 4.79 Å². The molecule has 0 bridgehead atoms. The summed E-state index contributed by atoms with van der Waals surface area (Å²) in [6.45, 7) is 0. The van der Waals surface area contributed by atoms with E-state index in [-0.39, 0.29) is 11.5 Å². The highest BCUT2D eigenvalue weighted by atomic mass is 79.9. The zero-order valence-electron chi connectivity index (χ0n) is 9.26. The fourth-order valence-corrected chi connectivity index (χ4v) is 2.53. The van der Waals surface area contributed by atoms with Crippen LogP contribution in [0.3, 0.4) is 0 Å². The van der Waals surface area contributed by atoms with Crippen molar-refractivity contribution in [1.29, 1.82) is 0 Å². The second-order valence-electron chi connectivity index (χ2n) is 4.14. The number of benzene rings is 1. The summed E-state index contributed by atoms with van der Waals surface area (Å²) in [4.78, 5) is 11.7. The van der Waals surface area contributed by atoms with E-state index in [0.717, 1.165) is 0 Å². The molecule has 1 unspecified atom stereocenters. The minimum atomic E-state index is -4.75. The summed E-state index contributed by atoms with van der Waals surface area (Å²) < 4.78 is 41.5. The number of Topliss-reactive ketones (excluding diaryl/α,β-unsaturated/α-hetero) is 1. The number of carbonyl (C=O) groups excluding carboxylic acids is 1. The molecule has 0 radical (unpaired) electrons. The van der Waals surface area contributed by atoms with Crippen LogP contribution in [0.2, 0.25) is 0 Å². The highest BCUT2D eigenvalue weighted by molar-refractivity contribution is 9.10. The van der Waals surface area contributed by atoms with E-state index in [4.69, 9.17) is 0 Å². The number of hydrogen-bond donors (Lipinski definition) is 0. The van der Waals surface area contributed by atoms with Crippen molar-refractivity contribution in [1.82, 2.24) is 0 Å². The smallest absolute Gasteiger partial charge is 0.405 e. The Labute approximate surface area is 110 Å². The first-order valence-corrected chi connectivity index (χ1v) is 6.24. The van der Waals surface area contributed by atoms with E-state index in [9.17, 15) is 18.0 Å². The third-order valence-electron chi connectivity index (χ3n) is 2.88. The third-order valence-corrected chi connectivity index (χ3v) is 3.37. The van der Waals surface area contributed by atoms with Gasteiger partial charge >= 0.3 is 6.36 Å². The molecule has 2 nitrogen and oxygen atoms in total. The molecule has 0 aliphatic heterocycles. The molecule has 0 saturated heterocycles. The zero-order chi connectivity index (χ0) is 13.3. The Morgan fingerprint density at radius 1 is 1.33 bits per heavy atom. The molecule has 1 aliphatic rings. The Hall–Kier alpha value is -1.04. The Morgan fingerprint density at radius 3 is 2.61 bits per heavy atom. The summed E-state index contributed by atoms with van der Waals surface area (Å²) in [5.74, 6) is -0.800. The standard InChI is InChI=1S/C12H10BrF3O2/c13-7-4-5-11(18-12(14,15)16)9(6-7)8-2-1-3-10(8)17/h4-6,8H,1-3H2. The van der Waals surface area contributed by atoms with Crippen LogP contribution >= 0.6 is 15.9 Å². The van der Waals surface area contributed by atoms with Crippen LogP contribution in [0, 0.1) is 0 Å². The zero-order valence-corrected chi connectivity index (χ0v) is 10.8. The average Bonchev–Trinajstić information content (AvgIpc) is 2.65. The summed E-state index contributed by atoms with van der Waals surface area (Å²) in [7, 11) is 0. The lowest BCUT2D eigenvalue weighted by atomic mass is 9.96. The molecule has 6 heteroatoms. The van der Waals surface area contributed by atoms with E-state index in [0.29, 0.717) is 29.3 Å². The number of ether oxygens (including phenoxy) is 1. The molecule has 0 amide bonds. The van der Waals surface area contributed by atoms with Crippen molar-refractivity contribution in [2.24, 2.45) is 0 Å². The maximum absolute atomic E-state index is 12.3. The van der Waals surface area contributed by atoms with Crippen LogP contribution in [0.1, 0.15) is 30.7 Å². The number of ketones is 1. The van der Waals surface area contributed by atoms with Gasteiger partial charge in [-0.2, -0.15) is 0 Å². The first kappa shape index (κ1) is 13.4. The first-order chi connectivity index (χ1) is 8.37. The second kappa shape index (κ2) is 4.91.